The first-order valence-electron chi connectivity index (χ1n) is 16.0. The van der Waals surface area contributed by atoms with Crippen LogP contribution < -0.4 is 21.6 Å². The number of aromatic amines is 1. The summed E-state index contributed by atoms with van der Waals surface area (Å²) in [5, 5.41) is 2.79. The summed E-state index contributed by atoms with van der Waals surface area (Å²) in [6, 6.07) is 23.0. The number of H-pyrrole nitrogens is 1. The van der Waals surface area contributed by atoms with Gasteiger partial charge >= 0.3 is 5.69 Å². The number of fused-ring (bicyclic) bond motifs is 1. The molecule has 2 unspecified atom stereocenters. The van der Waals surface area contributed by atoms with Crippen molar-refractivity contribution in [1.82, 2.24) is 14.2 Å². The Morgan fingerprint density at radius 1 is 1.09 bits per heavy atom. The molecule has 0 amide bonds. The number of ether oxygens (including phenoxy) is 1. The van der Waals surface area contributed by atoms with Gasteiger partial charge in [0.05, 0.1) is 25.5 Å². The van der Waals surface area contributed by atoms with Gasteiger partial charge in [-0.05, 0) is 45.1 Å². The molecule has 3 aliphatic heterocycles. The minimum Gasteiger partial charge on any atom is -0.352 e. The molecule has 242 valence electrons. The van der Waals surface area contributed by atoms with E-state index >= 15 is 0 Å². The van der Waals surface area contributed by atoms with Crippen LogP contribution in [0.4, 0.5) is 0 Å². The van der Waals surface area contributed by atoms with Crippen molar-refractivity contribution in [2.75, 3.05) is 26.0 Å². The molecule has 7 atom stereocenters. The lowest BCUT2D eigenvalue weighted by Crippen LogP contribution is -2.58. The molecular weight excluding hydrogens is 624 g/mol. The van der Waals surface area contributed by atoms with E-state index in [-0.39, 0.29) is 24.2 Å². The van der Waals surface area contributed by atoms with Crippen LogP contribution in [0.2, 0.25) is 12.6 Å². The number of hydrogen-bond acceptors (Lipinski definition) is 7. The molecular formula is C33H45N3O6P2Si. The number of rotatable bonds is 10. The molecule has 45 heavy (non-hydrogen) atoms. The SMILES string of the molecule is Cc1cn([C@H]2CC(OP3O[C@@H](C[Si](C)(c4ccccc4)c4ccccc4)[C@H]4CCCN43)[C@@H]([C@@H](C)CP(C)(C)=O)O2)c(=O)[nH]c1=O. The lowest BCUT2D eigenvalue weighted by Gasteiger charge is -2.32. The topological polar surface area (TPSA) is 103 Å². The van der Waals surface area contributed by atoms with Crippen LogP contribution in [0.15, 0.2) is 76.4 Å². The smallest absolute Gasteiger partial charge is 0.330 e. The van der Waals surface area contributed by atoms with Gasteiger partial charge < -0.3 is 18.3 Å². The van der Waals surface area contributed by atoms with E-state index in [0.717, 1.165) is 25.4 Å². The number of hydrogen-bond donors (Lipinski definition) is 1. The number of aromatic nitrogens is 2. The lowest BCUT2D eigenvalue weighted by atomic mass is 10.0. The molecule has 0 saturated carbocycles. The number of nitrogens with one attached hydrogen (secondary N) is 1. The first kappa shape index (κ1) is 32.8. The van der Waals surface area contributed by atoms with E-state index in [4.69, 9.17) is 13.8 Å². The molecule has 3 aliphatic rings. The highest BCUT2D eigenvalue weighted by Gasteiger charge is 2.52. The number of benzene rings is 2. The Bertz CT molecular complexity index is 1610. The molecule has 0 bridgehead atoms. The first-order chi connectivity index (χ1) is 21.4. The molecule has 2 aromatic carbocycles. The van der Waals surface area contributed by atoms with Crippen LogP contribution in [-0.4, -0.2) is 72.7 Å². The predicted octanol–water partition coefficient (Wildman–Crippen LogP) is 4.76. The van der Waals surface area contributed by atoms with Crippen LogP contribution in [0.5, 0.6) is 0 Å². The predicted molar refractivity (Wildman–Crippen MR) is 183 cm³/mol. The van der Waals surface area contributed by atoms with E-state index in [2.05, 4.69) is 76.9 Å². The van der Waals surface area contributed by atoms with Crippen molar-refractivity contribution in [2.24, 2.45) is 5.92 Å². The zero-order valence-electron chi connectivity index (χ0n) is 26.8. The molecule has 1 N–H and O–H groups in total. The van der Waals surface area contributed by atoms with Crippen LogP contribution in [0.25, 0.3) is 0 Å². The maximum atomic E-state index is 12.9. The van der Waals surface area contributed by atoms with Gasteiger partial charge in [-0.25, -0.2) is 9.46 Å². The van der Waals surface area contributed by atoms with Crippen molar-refractivity contribution >= 4 is 34.1 Å². The molecule has 6 rings (SSSR count). The summed E-state index contributed by atoms with van der Waals surface area (Å²) in [6.45, 7) is 10.7. The van der Waals surface area contributed by atoms with Gasteiger partial charge in [-0.2, -0.15) is 0 Å². The van der Waals surface area contributed by atoms with Crippen molar-refractivity contribution in [1.29, 1.82) is 0 Å². The highest BCUT2D eigenvalue weighted by Crippen LogP contribution is 2.59. The standard InChI is InChI=1S/C33H45N3O6P2Si/c1-23-20-35(33(38)34-32(23)37)30-19-28(31(40-30)24(2)21-44(3,4)39)41-43-36-18-12-17-27(36)29(42-43)22-45(5,25-13-8-6-9-14-25)26-15-10-7-11-16-26/h6-11,13-16,20,24,27-31H,12,17-19,21-22H2,1-5H3,(H,34,37,38)/t24-,27+,28?,29-,30+,31+,43?/m0/s1. The zero-order valence-corrected chi connectivity index (χ0v) is 29.6. The molecule has 1 aromatic heterocycles. The Morgan fingerprint density at radius 3 is 2.36 bits per heavy atom. The van der Waals surface area contributed by atoms with Gasteiger partial charge in [0.15, 0.2) is 0 Å². The summed E-state index contributed by atoms with van der Waals surface area (Å²) in [4.78, 5) is 27.3. The van der Waals surface area contributed by atoms with Crippen LogP contribution in [-0.2, 0) is 18.3 Å². The summed E-state index contributed by atoms with van der Waals surface area (Å²) in [7, 11) is -5.85. The fourth-order valence-corrected chi connectivity index (χ4v) is 15.0. The Balaban J connectivity index is 1.27. The number of nitrogens with zero attached hydrogens (tertiary/aromatic N) is 2. The van der Waals surface area contributed by atoms with Gasteiger partial charge in [0.25, 0.3) is 14.1 Å². The third-order valence-corrected chi connectivity index (χ3v) is 17.4. The van der Waals surface area contributed by atoms with Crippen molar-refractivity contribution in [3.63, 3.8) is 0 Å². The van der Waals surface area contributed by atoms with Crippen molar-refractivity contribution in [3.8, 4) is 0 Å². The third kappa shape index (κ3) is 6.94. The molecule has 12 heteroatoms. The van der Waals surface area contributed by atoms with Crippen molar-refractivity contribution in [3.05, 3.63) is 93.3 Å². The quantitative estimate of drug-likeness (QED) is 0.245. The maximum Gasteiger partial charge on any atom is 0.330 e. The lowest BCUT2D eigenvalue weighted by molar-refractivity contribution is -0.0393. The average Bonchev–Trinajstić information content (AvgIpc) is 3.73. The fraction of sp³-hybridized carbons (Fsp3) is 0.515. The first-order valence-corrected chi connectivity index (χ1v) is 22.6. The second kappa shape index (κ2) is 13.2. The van der Waals surface area contributed by atoms with Crippen LogP contribution in [0.1, 0.15) is 38.0 Å². The van der Waals surface area contributed by atoms with Crippen LogP contribution >= 0.6 is 15.7 Å². The highest BCUT2D eigenvalue weighted by atomic mass is 31.2. The Morgan fingerprint density at radius 2 is 1.73 bits per heavy atom. The van der Waals surface area contributed by atoms with E-state index in [1.165, 1.54) is 14.9 Å². The summed E-state index contributed by atoms with van der Waals surface area (Å²) in [5.41, 5.74) is -0.470. The normalized spacial score (nSPS) is 27.9. The highest BCUT2D eigenvalue weighted by molar-refractivity contribution is 7.62. The van der Waals surface area contributed by atoms with Gasteiger partial charge in [0.1, 0.15) is 14.3 Å². The van der Waals surface area contributed by atoms with Gasteiger partial charge in [0, 0.05) is 36.9 Å². The van der Waals surface area contributed by atoms with E-state index in [1.807, 2.05) is 6.92 Å². The second-order valence-corrected chi connectivity index (χ2v) is 22.8. The second-order valence-electron chi connectivity index (χ2n) is 13.7. The zero-order chi connectivity index (χ0) is 31.9. The Hall–Kier alpha value is -2.16. The summed E-state index contributed by atoms with van der Waals surface area (Å²) >= 11 is 0. The van der Waals surface area contributed by atoms with Crippen molar-refractivity contribution < 1.29 is 18.3 Å². The van der Waals surface area contributed by atoms with Gasteiger partial charge in [0.2, 0.25) is 0 Å². The minimum atomic E-state index is -2.35. The summed E-state index contributed by atoms with van der Waals surface area (Å²) < 4.78 is 37.1. The molecule has 3 aromatic rings. The van der Waals surface area contributed by atoms with Crippen LogP contribution in [0, 0.1) is 12.8 Å². The molecule has 0 spiro atoms. The average molecular weight is 670 g/mol. The Labute approximate surface area is 267 Å². The molecule has 4 heterocycles. The number of aryl methyl sites for hydroxylation is 1. The molecule has 3 fully saturated rings. The third-order valence-electron chi connectivity index (χ3n) is 9.65. The fourth-order valence-electron chi connectivity index (χ4n) is 7.43. The minimum absolute atomic E-state index is 0.0423. The molecule has 0 radical (unpaired) electrons. The molecule has 9 nitrogen and oxygen atoms in total. The van der Waals surface area contributed by atoms with Crippen LogP contribution in [0.3, 0.4) is 0 Å². The van der Waals surface area contributed by atoms with E-state index in [0.29, 0.717) is 24.2 Å². The largest absolute Gasteiger partial charge is 0.352 e. The van der Waals surface area contributed by atoms with Gasteiger partial charge in [-0.3, -0.25) is 14.3 Å². The van der Waals surface area contributed by atoms with E-state index in [9.17, 15) is 14.2 Å². The van der Waals surface area contributed by atoms with E-state index < -0.39 is 41.2 Å². The summed E-state index contributed by atoms with van der Waals surface area (Å²) in [6.07, 6.45) is 3.39. The summed E-state index contributed by atoms with van der Waals surface area (Å²) in [5.74, 6) is -0.0602. The van der Waals surface area contributed by atoms with Gasteiger partial charge in [-0.1, -0.05) is 84.5 Å². The maximum absolute atomic E-state index is 12.9. The van der Waals surface area contributed by atoms with Gasteiger partial charge in [-0.15, -0.1) is 0 Å². The Kier molecular flexibility index (Phi) is 9.58. The van der Waals surface area contributed by atoms with E-state index in [1.54, 1.807) is 26.5 Å². The molecule has 3 saturated heterocycles. The van der Waals surface area contributed by atoms with Crippen molar-refractivity contribution in [2.45, 2.75) is 76.3 Å². The monoisotopic (exact) mass is 669 g/mol. The molecule has 0 aliphatic carbocycles.